The van der Waals surface area contributed by atoms with Gasteiger partial charge in [0.15, 0.2) is 0 Å². The first-order valence-electron chi connectivity index (χ1n) is 10.8. The molecule has 4 rings (SSSR count). The topological polar surface area (TPSA) is 84.3 Å². The monoisotopic (exact) mass is 548 g/mol. The van der Waals surface area contributed by atoms with Gasteiger partial charge in [-0.2, -0.15) is 13.2 Å². The molecule has 0 spiro atoms. The first kappa shape index (κ1) is 26.2. The Morgan fingerprint density at radius 3 is 2.35 bits per heavy atom. The summed E-state index contributed by atoms with van der Waals surface area (Å²) in [6.45, 7) is -0.667. The number of halogens is 4. The number of nitrogens with one attached hydrogen (secondary N) is 1. The molecule has 0 saturated heterocycles. The summed E-state index contributed by atoms with van der Waals surface area (Å²) in [4.78, 5) is 16.6. The summed E-state index contributed by atoms with van der Waals surface area (Å²) >= 11 is 5.71. The number of amides is 1. The maximum absolute atomic E-state index is 13.5. The van der Waals surface area contributed by atoms with Crippen molar-refractivity contribution < 1.29 is 26.4 Å². The molecule has 0 atom stereocenters. The van der Waals surface area contributed by atoms with Crippen molar-refractivity contribution in [3.05, 3.63) is 108 Å². The molecular formula is C25H20ClF3N4O3S. The van der Waals surface area contributed by atoms with E-state index in [0.29, 0.717) is 10.4 Å². The molecule has 37 heavy (non-hydrogen) atoms. The van der Waals surface area contributed by atoms with Gasteiger partial charge in [0.05, 0.1) is 27.5 Å². The zero-order chi connectivity index (χ0) is 26.6. The Morgan fingerprint density at radius 2 is 1.73 bits per heavy atom. The van der Waals surface area contributed by atoms with Crippen molar-refractivity contribution in [3.8, 4) is 5.69 Å². The lowest BCUT2D eigenvalue weighted by Gasteiger charge is -2.25. The van der Waals surface area contributed by atoms with Gasteiger partial charge in [-0.1, -0.05) is 41.9 Å². The zero-order valence-corrected chi connectivity index (χ0v) is 20.6. The number of nitrogens with zero attached hydrogens (tertiary/aromatic N) is 3. The van der Waals surface area contributed by atoms with Gasteiger partial charge in [0.1, 0.15) is 6.54 Å². The number of alkyl halides is 3. The number of imidazole rings is 1. The smallest absolute Gasteiger partial charge is 0.350 e. The fourth-order valence-corrected chi connectivity index (χ4v) is 5.16. The molecule has 0 saturated carbocycles. The van der Waals surface area contributed by atoms with Crippen LogP contribution in [0.5, 0.6) is 0 Å². The minimum atomic E-state index is -4.82. The van der Waals surface area contributed by atoms with Crippen LogP contribution in [0.3, 0.4) is 0 Å². The van der Waals surface area contributed by atoms with E-state index >= 15 is 0 Å². The van der Waals surface area contributed by atoms with Crippen LogP contribution in [0.4, 0.5) is 18.9 Å². The number of hydrogen-bond acceptors (Lipinski definition) is 4. The van der Waals surface area contributed by atoms with Crippen LogP contribution >= 0.6 is 11.6 Å². The Balaban J connectivity index is 1.57. The molecule has 192 valence electrons. The van der Waals surface area contributed by atoms with Crippen molar-refractivity contribution in [1.82, 2.24) is 14.9 Å². The van der Waals surface area contributed by atoms with Crippen LogP contribution < -0.4 is 9.62 Å². The molecule has 1 aromatic heterocycles. The van der Waals surface area contributed by atoms with Crippen molar-refractivity contribution in [3.63, 3.8) is 0 Å². The van der Waals surface area contributed by atoms with Crippen molar-refractivity contribution >= 4 is 33.2 Å². The highest BCUT2D eigenvalue weighted by Crippen LogP contribution is 2.38. The molecule has 1 N–H and O–H groups in total. The third-order valence-electron chi connectivity index (χ3n) is 5.39. The van der Waals surface area contributed by atoms with Crippen molar-refractivity contribution in [2.45, 2.75) is 17.6 Å². The molecule has 12 heteroatoms. The SMILES string of the molecule is O=C(CN(c1ccc(Cl)c(C(F)(F)F)c1)S(=O)(=O)c1ccccc1)NCc1ccc(-n2ccnc2)cc1. The maximum Gasteiger partial charge on any atom is 0.417 e. The minimum absolute atomic E-state index is 0.0800. The number of benzene rings is 3. The zero-order valence-electron chi connectivity index (χ0n) is 19.1. The number of sulfonamides is 1. The van der Waals surface area contributed by atoms with Gasteiger partial charge in [-0.05, 0) is 48.0 Å². The molecule has 1 amide bonds. The molecule has 0 aliphatic rings. The minimum Gasteiger partial charge on any atom is -0.350 e. The van der Waals surface area contributed by atoms with Crippen LogP contribution in [-0.2, 0) is 27.5 Å². The highest BCUT2D eigenvalue weighted by Gasteiger charge is 2.35. The molecule has 0 aliphatic heterocycles. The molecule has 7 nitrogen and oxygen atoms in total. The number of anilines is 1. The lowest BCUT2D eigenvalue weighted by atomic mass is 10.2. The Bertz CT molecular complexity index is 1480. The van der Waals surface area contributed by atoms with Gasteiger partial charge in [-0.15, -0.1) is 0 Å². The van der Waals surface area contributed by atoms with E-state index in [1.165, 1.54) is 24.3 Å². The second kappa shape index (κ2) is 10.7. The van der Waals surface area contributed by atoms with Crippen LogP contribution in [0.2, 0.25) is 5.02 Å². The molecular weight excluding hydrogens is 529 g/mol. The summed E-state index contributed by atoms with van der Waals surface area (Å²) in [5, 5.41) is 2.03. The van der Waals surface area contributed by atoms with Gasteiger partial charge in [0.2, 0.25) is 5.91 Å². The van der Waals surface area contributed by atoms with E-state index in [-0.39, 0.29) is 17.1 Å². The highest BCUT2D eigenvalue weighted by molar-refractivity contribution is 7.92. The van der Waals surface area contributed by atoms with Crippen LogP contribution in [0.25, 0.3) is 5.69 Å². The second-order valence-corrected chi connectivity index (χ2v) is 10.2. The third kappa shape index (κ3) is 6.12. The maximum atomic E-state index is 13.5. The van der Waals surface area contributed by atoms with Gasteiger partial charge < -0.3 is 9.88 Å². The average molecular weight is 549 g/mol. The summed E-state index contributed by atoms with van der Waals surface area (Å²) in [7, 11) is -4.38. The van der Waals surface area contributed by atoms with Crippen molar-refractivity contribution in [1.29, 1.82) is 0 Å². The molecule has 1 heterocycles. The fraction of sp³-hybridized carbons (Fsp3) is 0.120. The predicted octanol–water partition coefficient (Wildman–Crippen LogP) is 5.06. The summed E-state index contributed by atoms with van der Waals surface area (Å²) in [5.74, 6) is -0.707. The third-order valence-corrected chi connectivity index (χ3v) is 7.51. The molecule has 0 bridgehead atoms. The van der Waals surface area contributed by atoms with Crippen LogP contribution in [-0.4, -0.2) is 30.4 Å². The van der Waals surface area contributed by atoms with Crippen molar-refractivity contribution in [2.75, 3.05) is 10.8 Å². The standard InChI is InChI=1S/C25H20ClF3N4O3S/c26-23-11-10-20(14-22(23)25(27,28)29)33(37(35,36)21-4-2-1-3-5-21)16-24(34)31-15-18-6-8-19(9-7-18)32-13-12-30-17-32/h1-14,17H,15-16H2,(H,31,34). The Labute approximate surface area is 216 Å². The lowest BCUT2D eigenvalue weighted by molar-refractivity contribution is -0.137. The summed E-state index contributed by atoms with van der Waals surface area (Å²) in [5.41, 5.74) is 0.0372. The van der Waals surface area contributed by atoms with E-state index < -0.39 is 39.2 Å². The average Bonchev–Trinajstić information content (AvgIpc) is 3.42. The molecule has 0 aliphatic carbocycles. The van der Waals surface area contributed by atoms with Gasteiger partial charge in [0.25, 0.3) is 10.0 Å². The number of hydrogen-bond donors (Lipinski definition) is 1. The van der Waals surface area contributed by atoms with E-state index in [9.17, 15) is 26.4 Å². The lowest BCUT2D eigenvalue weighted by Crippen LogP contribution is -2.40. The summed E-state index contributed by atoms with van der Waals surface area (Å²) < 4.78 is 69.5. The van der Waals surface area contributed by atoms with E-state index in [1.807, 2.05) is 12.1 Å². The van der Waals surface area contributed by atoms with E-state index in [2.05, 4.69) is 10.3 Å². The second-order valence-electron chi connectivity index (χ2n) is 7.90. The van der Waals surface area contributed by atoms with E-state index in [1.54, 1.807) is 41.5 Å². The Hall–Kier alpha value is -3.83. The molecule has 0 radical (unpaired) electrons. The van der Waals surface area contributed by atoms with E-state index in [0.717, 1.165) is 23.4 Å². The molecule has 0 unspecified atom stereocenters. The number of rotatable bonds is 8. The van der Waals surface area contributed by atoms with Crippen LogP contribution in [0, 0.1) is 0 Å². The Kier molecular flexibility index (Phi) is 7.55. The number of carbonyl (C=O) groups excluding carboxylic acids is 1. The van der Waals surface area contributed by atoms with Gasteiger partial charge in [-0.3, -0.25) is 9.10 Å². The number of carbonyl (C=O) groups is 1. The first-order valence-corrected chi connectivity index (χ1v) is 12.7. The molecule has 3 aromatic carbocycles. The Morgan fingerprint density at radius 1 is 1.03 bits per heavy atom. The largest absolute Gasteiger partial charge is 0.417 e. The fourth-order valence-electron chi connectivity index (χ4n) is 3.51. The van der Waals surface area contributed by atoms with Crippen LogP contribution in [0.15, 0.2) is 96.4 Å². The van der Waals surface area contributed by atoms with E-state index in [4.69, 9.17) is 11.6 Å². The van der Waals surface area contributed by atoms with Gasteiger partial charge in [0, 0.05) is 24.6 Å². The van der Waals surface area contributed by atoms with Gasteiger partial charge in [-0.25, -0.2) is 13.4 Å². The van der Waals surface area contributed by atoms with Crippen molar-refractivity contribution in [2.24, 2.45) is 0 Å². The molecule has 4 aromatic rings. The summed E-state index contributed by atoms with van der Waals surface area (Å²) in [6, 6.07) is 17.0. The summed E-state index contributed by atoms with van der Waals surface area (Å²) in [6.07, 6.45) is 0.237. The highest BCUT2D eigenvalue weighted by atomic mass is 35.5. The quantitative estimate of drug-likeness (QED) is 0.334. The molecule has 0 fully saturated rings. The van der Waals surface area contributed by atoms with Crippen LogP contribution in [0.1, 0.15) is 11.1 Å². The van der Waals surface area contributed by atoms with Gasteiger partial charge >= 0.3 is 6.18 Å². The normalized spacial score (nSPS) is 11.8. The predicted molar refractivity (Wildman–Crippen MR) is 133 cm³/mol. The first-order chi connectivity index (χ1) is 17.6. The number of aromatic nitrogens is 2.